The highest BCUT2D eigenvalue weighted by atomic mass is 32.1. The molecule has 1 aromatic carbocycles. The highest BCUT2D eigenvalue weighted by Crippen LogP contribution is 2.26. The van der Waals surface area contributed by atoms with Crippen molar-refractivity contribution in [3.8, 4) is 5.75 Å². The normalized spacial score (nSPS) is 16.5. The number of aromatic nitrogens is 1. The molecule has 1 N–H and O–H groups in total. The first-order valence-corrected chi connectivity index (χ1v) is 9.30. The zero-order valence-electron chi connectivity index (χ0n) is 14.9. The number of carbonyl (C=O) groups excluding carboxylic acids is 1. The lowest BCUT2D eigenvalue weighted by Crippen LogP contribution is -2.52. The van der Waals surface area contributed by atoms with E-state index in [1.807, 2.05) is 43.6 Å². The molecule has 134 valence electrons. The zero-order valence-corrected chi connectivity index (χ0v) is 15.7. The molecule has 0 saturated carbocycles. The van der Waals surface area contributed by atoms with Gasteiger partial charge in [-0.05, 0) is 31.5 Å². The average molecular weight is 360 g/mol. The molecule has 2 heterocycles. The molecule has 1 saturated heterocycles. The first-order valence-electron chi connectivity index (χ1n) is 8.42. The standard InChI is InChI=1S/C18H24N4O2S/c1-13-4-5-16(24-3)15(12-13)20-17(23)14(2)21-7-9-22(10-8-21)18-19-6-11-25-18/h4-6,11-12,14H,7-10H2,1-3H3,(H,20,23)/t14-/m0/s1. The quantitative estimate of drug-likeness (QED) is 0.888. The van der Waals surface area contributed by atoms with E-state index in [0.717, 1.165) is 42.6 Å². The molecule has 0 unspecified atom stereocenters. The Balaban J connectivity index is 1.59. The summed E-state index contributed by atoms with van der Waals surface area (Å²) >= 11 is 1.66. The lowest BCUT2D eigenvalue weighted by molar-refractivity contribution is -0.120. The minimum absolute atomic E-state index is 0.00778. The van der Waals surface area contributed by atoms with Gasteiger partial charge in [0.1, 0.15) is 5.75 Å². The SMILES string of the molecule is COc1ccc(C)cc1NC(=O)[C@H](C)N1CCN(c2nccs2)CC1. The topological polar surface area (TPSA) is 57.7 Å². The lowest BCUT2D eigenvalue weighted by atomic mass is 10.1. The van der Waals surface area contributed by atoms with Crippen molar-refractivity contribution in [3.05, 3.63) is 35.3 Å². The Morgan fingerprint density at radius 3 is 2.72 bits per heavy atom. The van der Waals surface area contributed by atoms with Crippen LogP contribution in [0.1, 0.15) is 12.5 Å². The minimum atomic E-state index is -0.191. The Bertz CT molecular complexity index is 712. The van der Waals surface area contributed by atoms with Crippen LogP contribution in [0.15, 0.2) is 29.8 Å². The van der Waals surface area contributed by atoms with Gasteiger partial charge in [-0.25, -0.2) is 4.98 Å². The number of carbonyl (C=O) groups is 1. The van der Waals surface area contributed by atoms with Gasteiger partial charge in [0.25, 0.3) is 0 Å². The maximum absolute atomic E-state index is 12.7. The molecule has 0 spiro atoms. The third kappa shape index (κ3) is 4.11. The monoisotopic (exact) mass is 360 g/mol. The van der Waals surface area contributed by atoms with E-state index in [1.165, 1.54) is 0 Å². The number of nitrogens with zero attached hydrogens (tertiary/aromatic N) is 3. The fourth-order valence-electron chi connectivity index (χ4n) is 3.00. The van der Waals surface area contributed by atoms with E-state index in [2.05, 4.69) is 20.1 Å². The summed E-state index contributed by atoms with van der Waals surface area (Å²) in [6, 6.07) is 5.59. The summed E-state index contributed by atoms with van der Waals surface area (Å²) in [5.41, 5.74) is 1.81. The molecular formula is C18H24N4O2S. The Hall–Kier alpha value is -2.12. The summed E-state index contributed by atoms with van der Waals surface area (Å²) in [5.74, 6) is 0.673. The number of rotatable bonds is 5. The molecule has 3 rings (SSSR count). The van der Waals surface area contributed by atoms with E-state index in [9.17, 15) is 4.79 Å². The molecule has 1 atom stereocenters. The third-order valence-electron chi connectivity index (χ3n) is 4.54. The molecule has 6 nitrogen and oxygen atoms in total. The van der Waals surface area contributed by atoms with E-state index in [-0.39, 0.29) is 11.9 Å². The number of hydrogen-bond acceptors (Lipinski definition) is 6. The smallest absolute Gasteiger partial charge is 0.241 e. The van der Waals surface area contributed by atoms with E-state index in [4.69, 9.17) is 4.74 Å². The number of methoxy groups -OCH3 is 1. The molecule has 1 aliphatic rings. The van der Waals surface area contributed by atoms with Crippen molar-refractivity contribution in [2.75, 3.05) is 43.5 Å². The van der Waals surface area contributed by atoms with Gasteiger partial charge < -0.3 is 15.0 Å². The minimum Gasteiger partial charge on any atom is -0.495 e. The molecule has 25 heavy (non-hydrogen) atoms. The van der Waals surface area contributed by atoms with Gasteiger partial charge in [-0.3, -0.25) is 9.69 Å². The molecule has 1 amide bonds. The second kappa shape index (κ2) is 7.84. The van der Waals surface area contributed by atoms with E-state index in [0.29, 0.717) is 5.75 Å². The van der Waals surface area contributed by atoms with E-state index in [1.54, 1.807) is 18.4 Å². The maximum Gasteiger partial charge on any atom is 0.241 e. The predicted octanol–water partition coefficient (Wildman–Crippen LogP) is 2.61. The van der Waals surface area contributed by atoms with Crippen LogP contribution in [-0.2, 0) is 4.79 Å². The first kappa shape index (κ1) is 17.7. The van der Waals surface area contributed by atoms with Crippen LogP contribution in [0.4, 0.5) is 10.8 Å². The molecule has 0 radical (unpaired) electrons. The largest absolute Gasteiger partial charge is 0.495 e. The lowest BCUT2D eigenvalue weighted by Gasteiger charge is -2.37. The van der Waals surface area contributed by atoms with Crippen LogP contribution in [-0.4, -0.2) is 55.1 Å². The van der Waals surface area contributed by atoms with Gasteiger partial charge in [-0.15, -0.1) is 11.3 Å². The number of ether oxygens (including phenoxy) is 1. The third-order valence-corrected chi connectivity index (χ3v) is 5.38. The van der Waals surface area contributed by atoms with Gasteiger partial charge in [0.05, 0.1) is 18.8 Å². The van der Waals surface area contributed by atoms with E-state index >= 15 is 0 Å². The second-order valence-corrected chi connectivity index (χ2v) is 7.08. The van der Waals surface area contributed by atoms with Crippen LogP contribution in [0.2, 0.25) is 0 Å². The summed E-state index contributed by atoms with van der Waals surface area (Å²) in [6.45, 7) is 7.42. The highest BCUT2D eigenvalue weighted by Gasteiger charge is 2.26. The van der Waals surface area contributed by atoms with Crippen molar-refractivity contribution >= 4 is 28.1 Å². The summed E-state index contributed by atoms with van der Waals surface area (Å²) in [4.78, 5) is 21.5. The van der Waals surface area contributed by atoms with Crippen LogP contribution in [0.25, 0.3) is 0 Å². The zero-order chi connectivity index (χ0) is 17.8. The van der Waals surface area contributed by atoms with Crippen LogP contribution in [0, 0.1) is 6.92 Å². The number of hydrogen-bond donors (Lipinski definition) is 1. The van der Waals surface area contributed by atoms with Crippen molar-refractivity contribution in [1.29, 1.82) is 0 Å². The molecule has 2 aromatic rings. The fraction of sp³-hybridized carbons (Fsp3) is 0.444. The predicted molar refractivity (Wildman–Crippen MR) is 102 cm³/mol. The number of nitrogens with one attached hydrogen (secondary N) is 1. The van der Waals surface area contributed by atoms with Gasteiger partial charge in [-0.1, -0.05) is 6.07 Å². The van der Waals surface area contributed by atoms with Gasteiger partial charge in [0.2, 0.25) is 5.91 Å². The van der Waals surface area contributed by atoms with Crippen molar-refractivity contribution in [1.82, 2.24) is 9.88 Å². The highest BCUT2D eigenvalue weighted by molar-refractivity contribution is 7.13. The van der Waals surface area contributed by atoms with Crippen molar-refractivity contribution in [2.24, 2.45) is 0 Å². The molecular weight excluding hydrogens is 336 g/mol. The number of piperazine rings is 1. The summed E-state index contributed by atoms with van der Waals surface area (Å²) < 4.78 is 5.34. The van der Waals surface area contributed by atoms with Gasteiger partial charge >= 0.3 is 0 Å². The number of benzene rings is 1. The van der Waals surface area contributed by atoms with E-state index < -0.39 is 0 Å². The second-order valence-electron chi connectivity index (χ2n) is 6.21. The first-order chi connectivity index (χ1) is 12.1. The number of thiazole rings is 1. The number of anilines is 2. The number of aryl methyl sites for hydroxylation is 1. The molecule has 1 fully saturated rings. The van der Waals surface area contributed by atoms with Crippen LogP contribution >= 0.6 is 11.3 Å². The van der Waals surface area contributed by atoms with Crippen molar-refractivity contribution < 1.29 is 9.53 Å². The van der Waals surface area contributed by atoms with Crippen LogP contribution in [0.5, 0.6) is 5.75 Å². The van der Waals surface area contributed by atoms with Gasteiger partial charge in [-0.2, -0.15) is 0 Å². The number of amides is 1. The Morgan fingerprint density at radius 1 is 1.32 bits per heavy atom. The van der Waals surface area contributed by atoms with Crippen LogP contribution < -0.4 is 15.0 Å². The average Bonchev–Trinajstić information content (AvgIpc) is 3.16. The van der Waals surface area contributed by atoms with Crippen molar-refractivity contribution in [3.63, 3.8) is 0 Å². The maximum atomic E-state index is 12.7. The summed E-state index contributed by atoms with van der Waals surface area (Å²) in [5, 5.41) is 6.06. The Labute approximate surface area is 152 Å². The molecule has 1 aliphatic heterocycles. The fourth-order valence-corrected chi connectivity index (χ4v) is 3.69. The van der Waals surface area contributed by atoms with Crippen molar-refractivity contribution in [2.45, 2.75) is 19.9 Å². The Morgan fingerprint density at radius 2 is 2.08 bits per heavy atom. The Kier molecular flexibility index (Phi) is 5.55. The summed E-state index contributed by atoms with van der Waals surface area (Å²) in [7, 11) is 1.61. The van der Waals surface area contributed by atoms with Crippen LogP contribution in [0.3, 0.4) is 0 Å². The van der Waals surface area contributed by atoms with Gasteiger partial charge in [0, 0.05) is 37.8 Å². The molecule has 0 bridgehead atoms. The molecule has 1 aromatic heterocycles. The summed E-state index contributed by atoms with van der Waals surface area (Å²) in [6.07, 6.45) is 1.83. The molecule has 7 heteroatoms. The van der Waals surface area contributed by atoms with Gasteiger partial charge in [0.15, 0.2) is 5.13 Å². The molecule has 0 aliphatic carbocycles.